The molecule has 4 aliphatic rings. The summed E-state index contributed by atoms with van der Waals surface area (Å²) in [4.78, 5) is 13.3. The van der Waals surface area contributed by atoms with Crippen LogP contribution in [0.2, 0.25) is 5.02 Å². The Bertz CT molecular complexity index is 989. The third kappa shape index (κ3) is 4.78. The van der Waals surface area contributed by atoms with Crippen molar-refractivity contribution >= 4 is 23.2 Å². The topological polar surface area (TPSA) is 41.1 Å². The summed E-state index contributed by atoms with van der Waals surface area (Å²) in [6.07, 6.45) is 2.93. The Morgan fingerprint density at radius 2 is 1.61 bits per heavy atom. The van der Waals surface area contributed by atoms with Crippen molar-refractivity contribution in [3.05, 3.63) is 64.7 Å². The van der Waals surface area contributed by atoms with Crippen LogP contribution >= 0.6 is 11.6 Å². The minimum Gasteiger partial charge on any atom is -0.324 e. The summed E-state index contributed by atoms with van der Waals surface area (Å²) in [5.74, 6) is 1.85. The molecule has 0 aromatic heterocycles. The first-order valence-corrected chi connectivity index (χ1v) is 12.0. The number of alkyl halides is 3. The quantitative estimate of drug-likeness (QED) is 0.479. The lowest BCUT2D eigenvalue weighted by Crippen LogP contribution is -2.51. The summed E-state index contributed by atoms with van der Waals surface area (Å²) < 4.78 is 40.6. The number of rotatable bonds is 6. The van der Waals surface area contributed by atoms with Gasteiger partial charge in [0, 0.05) is 11.6 Å². The summed E-state index contributed by atoms with van der Waals surface area (Å²) in [5.41, 5.74) is -0.299. The Kier molecular flexibility index (Phi) is 5.94. The van der Waals surface area contributed by atoms with Gasteiger partial charge < -0.3 is 10.6 Å². The van der Waals surface area contributed by atoms with Crippen LogP contribution in [0.4, 0.5) is 18.9 Å². The number of anilines is 1. The van der Waals surface area contributed by atoms with Crippen LogP contribution in [0.5, 0.6) is 0 Å². The molecule has 2 N–H and O–H groups in total. The Morgan fingerprint density at radius 1 is 1.00 bits per heavy atom. The molecule has 4 fully saturated rings. The van der Waals surface area contributed by atoms with Gasteiger partial charge in [-0.15, -0.1) is 0 Å². The van der Waals surface area contributed by atoms with Crippen LogP contribution in [0.15, 0.2) is 48.5 Å². The van der Waals surface area contributed by atoms with Gasteiger partial charge in [-0.1, -0.05) is 41.9 Å². The maximum absolute atomic E-state index is 13.5. The average Bonchev–Trinajstić information content (AvgIpc) is 2.74. The van der Waals surface area contributed by atoms with E-state index in [0.717, 1.165) is 29.4 Å². The molecular formula is C26H28ClF3N2O. The molecule has 0 radical (unpaired) electrons. The molecule has 0 unspecified atom stereocenters. The van der Waals surface area contributed by atoms with Crippen LogP contribution in [0.1, 0.15) is 55.7 Å². The van der Waals surface area contributed by atoms with Gasteiger partial charge in [0.25, 0.3) is 0 Å². The molecule has 2 aromatic rings. The number of nitrogens with one attached hydrogen (secondary N) is 2. The SMILES string of the molecule is O=C(Nc1ccc(Cl)cc1C(F)(F)F)[C@@H](NCC12CC3CC(CC(C3)C1)C2)c1ccccc1. The number of benzene rings is 2. The summed E-state index contributed by atoms with van der Waals surface area (Å²) in [5, 5.41) is 5.96. The van der Waals surface area contributed by atoms with E-state index in [1.54, 1.807) is 0 Å². The van der Waals surface area contributed by atoms with E-state index in [1.165, 1.54) is 50.7 Å². The molecule has 1 atom stereocenters. The van der Waals surface area contributed by atoms with E-state index in [0.29, 0.717) is 6.54 Å². The average molecular weight is 477 g/mol. The van der Waals surface area contributed by atoms with Crippen molar-refractivity contribution < 1.29 is 18.0 Å². The second-order valence-corrected chi connectivity index (χ2v) is 10.8. The van der Waals surface area contributed by atoms with Gasteiger partial charge in [0.05, 0.1) is 11.3 Å². The molecule has 176 valence electrons. The smallest absolute Gasteiger partial charge is 0.324 e. The van der Waals surface area contributed by atoms with E-state index >= 15 is 0 Å². The van der Waals surface area contributed by atoms with Crippen molar-refractivity contribution in [2.24, 2.45) is 23.2 Å². The van der Waals surface area contributed by atoms with Crippen LogP contribution in [-0.2, 0) is 11.0 Å². The number of hydrogen-bond acceptors (Lipinski definition) is 2. The molecule has 2 aromatic carbocycles. The monoisotopic (exact) mass is 476 g/mol. The van der Waals surface area contributed by atoms with E-state index < -0.39 is 23.7 Å². The predicted octanol–water partition coefficient (Wildman–Crippen LogP) is 6.84. The van der Waals surface area contributed by atoms with Gasteiger partial charge in [-0.2, -0.15) is 13.2 Å². The van der Waals surface area contributed by atoms with Gasteiger partial charge in [-0.3, -0.25) is 4.79 Å². The van der Waals surface area contributed by atoms with E-state index in [1.807, 2.05) is 30.3 Å². The molecule has 4 bridgehead atoms. The van der Waals surface area contributed by atoms with Crippen molar-refractivity contribution in [2.45, 2.75) is 50.7 Å². The molecule has 4 aliphatic carbocycles. The van der Waals surface area contributed by atoms with Crippen molar-refractivity contribution in [2.75, 3.05) is 11.9 Å². The number of halogens is 4. The minimum absolute atomic E-state index is 0.0279. The largest absolute Gasteiger partial charge is 0.418 e. The Balaban J connectivity index is 1.37. The van der Waals surface area contributed by atoms with Gasteiger partial charge in [-0.05, 0) is 85.5 Å². The van der Waals surface area contributed by atoms with Crippen molar-refractivity contribution in [1.29, 1.82) is 0 Å². The van der Waals surface area contributed by atoms with Gasteiger partial charge in [0.1, 0.15) is 6.04 Å². The highest BCUT2D eigenvalue weighted by Crippen LogP contribution is 2.59. The molecule has 1 amide bonds. The highest BCUT2D eigenvalue weighted by Gasteiger charge is 2.50. The van der Waals surface area contributed by atoms with E-state index in [2.05, 4.69) is 10.6 Å². The third-order valence-electron chi connectivity index (χ3n) is 7.79. The lowest BCUT2D eigenvalue weighted by molar-refractivity contribution is -0.137. The van der Waals surface area contributed by atoms with Crippen molar-refractivity contribution in [1.82, 2.24) is 5.32 Å². The predicted molar refractivity (Wildman–Crippen MR) is 123 cm³/mol. The molecular weight excluding hydrogens is 449 g/mol. The molecule has 7 heteroatoms. The highest BCUT2D eigenvalue weighted by atomic mass is 35.5. The maximum atomic E-state index is 13.5. The standard InChI is InChI=1S/C26H28ClF3N2O/c27-20-6-7-22(21(11-20)26(28,29)30)32-24(33)23(19-4-2-1-3-5-19)31-15-25-12-16-8-17(13-25)10-18(9-16)14-25/h1-7,11,16-18,23,31H,8-10,12-15H2,(H,32,33)/t16?,17?,18?,23-,25?/m0/s1. The van der Waals surface area contributed by atoms with Crippen LogP contribution in [0.3, 0.4) is 0 Å². The fourth-order valence-electron chi connectivity index (χ4n) is 6.90. The summed E-state index contributed by atoms with van der Waals surface area (Å²) in [6, 6.07) is 11.9. The van der Waals surface area contributed by atoms with Crippen LogP contribution in [-0.4, -0.2) is 12.5 Å². The zero-order chi connectivity index (χ0) is 23.2. The van der Waals surface area contributed by atoms with Crippen molar-refractivity contribution in [3.63, 3.8) is 0 Å². The lowest BCUT2D eigenvalue weighted by Gasteiger charge is -2.57. The Hall–Kier alpha value is -2.05. The normalized spacial score (nSPS) is 29.2. The third-order valence-corrected chi connectivity index (χ3v) is 8.02. The van der Waals surface area contributed by atoms with Gasteiger partial charge >= 0.3 is 6.18 Å². The summed E-state index contributed by atoms with van der Waals surface area (Å²) in [6.45, 7) is 0.705. The maximum Gasteiger partial charge on any atom is 0.418 e. The summed E-state index contributed by atoms with van der Waals surface area (Å²) in [7, 11) is 0. The molecule has 4 saturated carbocycles. The van der Waals surface area contributed by atoms with Crippen LogP contribution in [0, 0.1) is 23.2 Å². The second kappa shape index (κ2) is 8.62. The van der Waals surface area contributed by atoms with Crippen LogP contribution in [0.25, 0.3) is 0 Å². The first kappa shape index (κ1) is 22.7. The molecule has 33 heavy (non-hydrogen) atoms. The van der Waals surface area contributed by atoms with E-state index in [4.69, 9.17) is 11.6 Å². The van der Waals surface area contributed by atoms with Gasteiger partial charge in [0.15, 0.2) is 0 Å². The number of hydrogen-bond donors (Lipinski definition) is 2. The highest BCUT2D eigenvalue weighted by molar-refractivity contribution is 6.30. The number of carbonyl (C=O) groups excluding carboxylic acids is 1. The zero-order valence-corrected chi connectivity index (χ0v) is 19.1. The van der Waals surface area contributed by atoms with Gasteiger partial charge in [-0.25, -0.2) is 0 Å². The second-order valence-electron chi connectivity index (χ2n) is 10.3. The molecule has 0 saturated heterocycles. The fourth-order valence-corrected chi connectivity index (χ4v) is 7.07. The van der Waals surface area contributed by atoms with E-state index in [-0.39, 0.29) is 16.1 Å². The number of amides is 1. The molecule has 3 nitrogen and oxygen atoms in total. The Morgan fingerprint density at radius 3 is 2.18 bits per heavy atom. The van der Waals surface area contributed by atoms with E-state index in [9.17, 15) is 18.0 Å². The zero-order valence-electron chi connectivity index (χ0n) is 18.3. The molecule has 6 rings (SSSR count). The minimum atomic E-state index is -4.62. The van der Waals surface area contributed by atoms with Crippen molar-refractivity contribution in [3.8, 4) is 0 Å². The van der Waals surface area contributed by atoms with Gasteiger partial charge in [0.2, 0.25) is 5.91 Å². The van der Waals surface area contributed by atoms with Crippen LogP contribution < -0.4 is 10.6 Å². The fraction of sp³-hybridized carbons (Fsp3) is 0.500. The first-order valence-electron chi connectivity index (χ1n) is 11.7. The molecule has 0 aliphatic heterocycles. The molecule has 0 spiro atoms. The number of carbonyl (C=O) groups is 1. The first-order chi connectivity index (χ1) is 15.7. The molecule has 0 heterocycles. The lowest BCUT2D eigenvalue weighted by atomic mass is 9.49. The Labute approximate surface area is 197 Å². The summed E-state index contributed by atoms with van der Waals surface area (Å²) >= 11 is 5.79.